The van der Waals surface area contributed by atoms with E-state index in [0.29, 0.717) is 36.4 Å². The van der Waals surface area contributed by atoms with Crippen LogP contribution in [0.2, 0.25) is 0 Å². The number of hydrogen-bond acceptors (Lipinski definition) is 3. The van der Waals surface area contributed by atoms with E-state index in [1.165, 1.54) is 0 Å². The van der Waals surface area contributed by atoms with Crippen LogP contribution in [0.1, 0.15) is 46.0 Å². The summed E-state index contributed by atoms with van der Waals surface area (Å²) in [6.07, 6.45) is 2.90. The minimum absolute atomic E-state index is 0.0253. The Bertz CT molecular complexity index is 217. The molecule has 0 saturated carbocycles. The molecular formula is C11H24N2O3Si. The molecule has 0 saturated heterocycles. The molecule has 0 aliphatic carbocycles. The number of nitrogens with one attached hydrogen (secondary N) is 2. The van der Waals surface area contributed by atoms with E-state index in [-0.39, 0.29) is 18.0 Å². The van der Waals surface area contributed by atoms with Gasteiger partial charge in [0.15, 0.2) is 0 Å². The third-order valence-electron chi connectivity index (χ3n) is 2.24. The molecule has 5 nitrogen and oxygen atoms in total. The second-order valence-electron chi connectivity index (χ2n) is 3.97. The highest BCUT2D eigenvalue weighted by Gasteiger charge is 2.13. The van der Waals surface area contributed by atoms with Crippen LogP contribution < -0.4 is 10.6 Å². The molecule has 0 atom stereocenters. The highest BCUT2D eigenvalue weighted by molar-refractivity contribution is 5.97. The van der Waals surface area contributed by atoms with Crippen molar-refractivity contribution in [2.24, 2.45) is 0 Å². The van der Waals surface area contributed by atoms with E-state index in [4.69, 9.17) is 4.43 Å². The Kier molecular flexibility index (Phi) is 9.75. The second kappa shape index (κ2) is 10.3. The molecule has 17 heavy (non-hydrogen) atoms. The maximum Gasteiger partial charge on any atom is 0.221 e. The third-order valence-corrected chi connectivity index (χ3v) is 2.64. The zero-order chi connectivity index (χ0) is 13.1. The van der Waals surface area contributed by atoms with Crippen LogP contribution in [0.3, 0.4) is 0 Å². The van der Waals surface area contributed by atoms with Gasteiger partial charge in [0.05, 0.1) is 0 Å². The molecule has 0 aromatic heterocycles. The van der Waals surface area contributed by atoms with Crippen LogP contribution in [0, 0.1) is 0 Å². The fraction of sp³-hybridized carbons (Fsp3) is 0.818. The lowest BCUT2D eigenvalue weighted by atomic mass is 10.2. The molecule has 6 heteroatoms. The van der Waals surface area contributed by atoms with Gasteiger partial charge in [-0.25, -0.2) is 0 Å². The molecule has 0 aliphatic heterocycles. The molecule has 100 valence electrons. The van der Waals surface area contributed by atoms with E-state index < -0.39 is 0 Å². The summed E-state index contributed by atoms with van der Waals surface area (Å²) in [5.41, 5.74) is 0. The van der Waals surface area contributed by atoms with Crippen molar-refractivity contribution in [3.8, 4) is 0 Å². The summed E-state index contributed by atoms with van der Waals surface area (Å²) >= 11 is 0. The van der Waals surface area contributed by atoms with E-state index >= 15 is 0 Å². The van der Waals surface area contributed by atoms with Gasteiger partial charge in [-0.1, -0.05) is 13.8 Å². The first-order valence-electron chi connectivity index (χ1n) is 6.21. The molecule has 0 rings (SSSR count). The van der Waals surface area contributed by atoms with E-state index in [2.05, 4.69) is 10.6 Å². The van der Waals surface area contributed by atoms with Crippen molar-refractivity contribution in [2.75, 3.05) is 6.61 Å². The number of carbonyl (C=O) groups excluding carboxylic acids is 2. The average molecular weight is 260 g/mol. The number of hydrogen-bond donors (Lipinski definition) is 2. The summed E-state index contributed by atoms with van der Waals surface area (Å²) in [6, 6.07) is 0. The fourth-order valence-corrected chi connectivity index (χ4v) is 1.64. The maximum absolute atomic E-state index is 11.5. The molecular weight excluding hydrogens is 236 g/mol. The summed E-state index contributed by atoms with van der Waals surface area (Å²) < 4.78 is 5.09. The summed E-state index contributed by atoms with van der Waals surface area (Å²) in [5.74, 6) is -0.0507. The SMILES string of the molecule is CCCC(=O)NC(CCO[SiH3])NC(=O)CCC. The Morgan fingerprint density at radius 1 is 1.12 bits per heavy atom. The van der Waals surface area contributed by atoms with Crippen molar-refractivity contribution in [3.05, 3.63) is 0 Å². The first-order chi connectivity index (χ1) is 8.13. The molecule has 2 amide bonds. The fourth-order valence-electron chi connectivity index (χ4n) is 1.40. The van der Waals surface area contributed by atoms with Gasteiger partial charge in [0, 0.05) is 25.9 Å². The minimum Gasteiger partial charge on any atom is -0.428 e. The van der Waals surface area contributed by atoms with Crippen LogP contribution in [-0.4, -0.2) is 35.1 Å². The van der Waals surface area contributed by atoms with Gasteiger partial charge in [-0.3, -0.25) is 9.59 Å². The first-order valence-corrected chi connectivity index (χ1v) is 7.03. The zero-order valence-electron chi connectivity index (χ0n) is 11.0. The van der Waals surface area contributed by atoms with Crippen LogP contribution in [0.4, 0.5) is 0 Å². The molecule has 2 N–H and O–H groups in total. The highest BCUT2D eigenvalue weighted by atomic mass is 28.2. The van der Waals surface area contributed by atoms with Crippen LogP contribution >= 0.6 is 0 Å². The van der Waals surface area contributed by atoms with E-state index in [1.807, 2.05) is 13.8 Å². The molecule has 0 aromatic rings. The average Bonchev–Trinajstić information content (AvgIpc) is 2.26. The minimum atomic E-state index is -0.304. The summed E-state index contributed by atoms with van der Waals surface area (Å²) in [5, 5.41) is 5.61. The standard InChI is InChI=1S/C11H24N2O3Si/c1-3-5-10(14)12-9(7-8-16-17)13-11(15)6-4-2/h9H,3-8H2,1-2,17H3,(H,12,14)(H,13,15). The zero-order valence-corrected chi connectivity index (χ0v) is 13.0. The van der Waals surface area contributed by atoms with E-state index in [9.17, 15) is 9.59 Å². The van der Waals surface area contributed by atoms with Gasteiger partial charge in [0.25, 0.3) is 0 Å². The molecule has 0 aliphatic rings. The summed E-state index contributed by atoms with van der Waals surface area (Å²) in [4.78, 5) is 22.9. The van der Waals surface area contributed by atoms with Crippen LogP contribution in [0.15, 0.2) is 0 Å². The largest absolute Gasteiger partial charge is 0.428 e. The molecule has 0 aromatic carbocycles. The van der Waals surface area contributed by atoms with Crippen molar-refractivity contribution in [3.63, 3.8) is 0 Å². The number of carbonyl (C=O) groups is 2. The van der Waals surface area contributed by atoms with Crippen LogP contribution in [-0.2, 0) is 14.0 Å². The molecule has 0 unspecified atom stereocenters. The number of amides is 2. The Morgan fingerprint density at radius 2 is 1.59 bits per heavy atom. The first kappa shape index (κ1) is 16.1. The molecule has 0 bridgehead atoms. The van der Waals surface area contributed by atoms with E-state index in [0.717, 1.165) is 12.8 Å². The van der Waals surface area contributed by atoms with Crippen molar-refractivity contribution >= 4 is 22.3 Å². The number of rotatable bonds is 9. The molecule has 0 spiro atoms. The summed E-state index contributed by atoms with van der Waals surface area (Å²) in [7, 11) is 0.670. The Labute approximate surface area is 106 Å². The molecule has 0 fully saturated rings. The van der Waals surface area contributed by atoms with Gasteiger partial charge in [-0.2, -0.15) is 0 Å². The van der Waals surface area contributed by atoms with Gasteiger partial charge in [-0.05, 0) is 12.8 Å². The van der Waals surface area contributed by atoms with Gasteiger partial charge in [-0.15, -0.1) is 0 Å². The van der Waals surface area contributed by atoms with Crippen molar-refractivity contribution in [2.45, 2.75) is 52.1 Å². The van der Waals surface area contributed by atoms with Crippen molar-refractivity contribution in [1.29, 1.82) is 0 Å². The van der Waals surface area contributed by atoms with Gasteiger partial charge < -0.3 is 15.1 Å². The molecule has 0 radical (unpaired) electrons. The lowest BCUT2D eigenvalue weighted by Gasteiger charge is -2.20. The predicted octanol–water partition coefficient (Wildman–Crippen LogP) is -0.168. The molecule has 0 heterocycles. The van der Waals surface area contributed by atoms with Crippen LogP contribution in [0.25, 0.3) is 0 Å². The van der Waals surface area contributed by atoms with Gasteiger partial charge in [0.1, 0.15) is 16.7 Å². The highest BCUT2D eigenvalue weighted by Crippen LogP contribution is 1.95. The normalized spacial score (nSPS) is 10.5. The van der Waals surface area contributed by atoms with Gasteiger partial charge in [0.2, 0.25) is 11.8 Å². The second-order valence-corrected chi connectivity index (χ2v) is 4.55. The summed E-state index contributed by atoms with van der Waals surface area (Å²) in [6.45, 7) is 4.46. The smallest absolute Gasteiger partial charge is 0.221 e. The maximum atomic E-state index is 11.5. The van der Waals surface area contributed by atoms with Gasteiger partial charge >= 0.3 is 0 Å². The Balaban J connectivity index is 4.12. The monoisotopic (exact) mass is 260 g/mol. The quantitative estimate of drug-likeness (QED) is 0.447. The lowest BCUT2D eigenvalue weighted by Crippen LogP contribution is -2.48. The predicted molar refractivity (Wildman–Crippen MR) is 70.4 cm³/mol. The Morgan fingerprint density at radius 3 is 1.94 bits per heavy atom. The van der Waals surface area contributed by atoms with Crippen molar-refractivity contribution in [1.82, 2.24) is 10.6 Å². The lowest BCUT2D eigenvalue weighted by molar-refractivity contribution is -0.124. The van der Waals surface area contributed by atoms with Crippen LogP contribution in [0.5, 0.6) is 0 Å². The van der Waals surface area contributed by atoms with E-state index in [1.54, 1.807) is 0 Å². The van der Waals surface area contributed by atoms with Crippen molar-refractivity contribution < 1.29 is 14.0 Å². The third kappa shape index (κ3) is 8.88. The topological polar surface area (TPSA) is 67.4 Å². The Hall–Kier alpha value is -0.883.